The van der Waals surface area contributed by atoms with Crippen LogP contribution in [-0.4, -0.2) is 21.6 Å². The number of phenols is 1. The molecule has 0 fully saturated rings. The maximum absolute atomic E-state index is 13.6. The van der Waals surface area contributed by atoms with Crippen molar-refractivity contribution in [1.29, 1.82) is 0 Å². The van der Waals surface area contributed by atoms with Gasteiger partial charge in [-0.05, 0) is 78.1 Å². The number of nitrogens with zero attached hydrogens (tertiary/aromatic N) is 2. The number of fused-ring (bicyclic) bond motifs is 1. The van der Waals surface area contributed by atoms with E-state index in [4.69, 9.17) is 0 Å². The lowest BCUT2D eigenvalue weighted by atomic mass is 9.76. The van der Waals surface area contributed by atoms with Gasteiger partial charge in [0.1, 0.15) is 11.6 Å². The van der Waals surface area contributed by atoms with Crippen LogP contribution in [-0.2, 0) is 12.0 Å². The number of hydrogen-bond donors (Lipinski definition) is 2. The Labute approximate surface area is 186 Å². The minimum absolute atomic E-state index is 0.244. The number of rotatable bonds is 4. The molecule has 4 aromatic rings. The number of imidazole rings is 1. The van der Waals surface area contributed by atoms with Crippen molar-refractivity contribution in [2.75, 3.05) is 11.4 Å². The number of benzene rings is 3. The number of nitrogens with one attached hydrogen (secondary N) is 1. The van der Waals surface area contributed by atoms with Crippen LogP contribution in [0.25, 0.3) is 12.2 Å². The molecule has 1 aliphatic rings. The Morgan fingerprint density at radius 2 is 1.81 bits per heavy atom. The maximum atomic E-state index is 13.6. The van der Waals surface area contributed by atoms with Crippen LogP contribution in [0.5, 0.6) is 5.75 Å². The minimum atomic E-state index is -0.468. The molecule has 5 heteroatoms. The van der Waals surface area contributed by atoms with Crippen LogP contribution in [0.4, 0.5) is 10.1 Å². The summed E-state index contributed by atoms with van der Waals surface area (Å²) in [5.74, 6) is 0.0341. The van der Waals surface area contributed by atoms with E-state index in [9.17, 15) is 9.50 Å². The van der Waals surface area contributed by atoms with Gasteiger partial charge < -0.3 is 15.0 Å². The molecule has 0 aliphatic carbocycles. The monoisotopic (exact) mass is 425 g/mol. The highest BCUT2D eigenvalue weighted by Crippen LogP contribution is 2.44. The third kappa shape index (κ3) is 3.56. The average molecular weight is 426 g/mol. The van der Waals surface area contributed by atoms with Gasteiger partial charge in [0, 0.05) is 12.2 Å². The number of aromatic hydroxyl groups is 1. The van der Waals surface area contributed by atoms with Crippen molar-refractivity contribution < 1.29 is 9.50 Å². The first kappa shape index (κ1) is 20.1. The summed E-state index contributed by atoms with van der Waals surface area (Å²) >= 11 is 0. The molecule has 160 valence electrons. The predicted molar refractivity (Wildman–Crippen MR) is 126 cm³/mol. The standard InChI is InChI=1S/C27H24FN3O/c1-27(21-5-2-19(3-6-21)4-9-23-17-29-18-30-23)26-13-12-25(32)16-20(26)14-15-31(27)24-10-7-22(28)8-11-24/h2-13,16-18,32H,14-15H2,1H3,(H,29,30)/b9-4+. The van der Waals surface area contributed by atoms with Gasteiger partial charge in [0.15, 0.2) is 0 Å². The van der Waals surface area contributed by atoms with E-state index in [0.717, 1.165) is 46.6 Å². The molecule has 1 aromatic heterocycles. The van der Waals surface area contributed by atoms with Gasteiger partial charge in [-0.3, -0.25) is 0 Å². The predicted octanol–water partition coefficient (Wildman–Crippen LogP) is 5.75. The van der Waals surface area contributed by atoms with Gasteiger partial charge in [-0.1, -0.05) is 36.4 Å². The fourth-order valence-electron chi connectivity index (χ4n) is 4.65. The molecular formula is C27H24FN3O. The Morgan fingerprint density at radius 1 is 1.03 bits per heavy atom. The van der Waals surface area contributed by atoms with Crippen LogP contribution < -0.4 is 4.90 Å². The Morgan fingerprint density at radius 3 is 2.53 bits per heavy atom. The summed E-state index contributed by atoms with van der Waals surface area (Å²) in [6, 6.07) is 20.8. The largest absolute Gasteiger partial charge is 0.508 e. The Balaban J connectivity index is 1.57. The second kappa shape index (κ2) is 8.00. The second-order valence-electron chi connectivity index (χ2n) is 8.25. The Hall–Kier alpha value is -3.86. The van der Waals surface area contributed by atoms with Crippen molar-refractivity contribution in [3.8, 4) is 5.75 Å². The lowest BCUT2D eigenvalue weighted by Crippen LogP contribution is -2.49. The van der Waals surface area contributed by atoms with E-state index in [1.807, 2.05) is 36.4 Å². The van der Waals surface area contributed by atoms with Crippen LogP contribution in [0.15, 0.2) is 79.3 Å². The van der Waals surface area contributed by atoms with E-state index in [-0.39, 0.29) is 11.6 Å². The third-order valence-electron chi connectivity index (χ3n) is 6.34. The molecule has 0 bridgehead atoms. The molecule has 2 heterocycles. The fourth-order valence-corrected chi connectivity index (χ4v) is 4.65. The first-order chi connectivity index (χ1) is 15.5. The van der Waals surface area contributed by atoms with Crippen molar-refractivity contribution in [3.05, 3.63) is 113 Å². The molecule has 0 radical (unpaired) electrons. The van der Waals surface area contributed by atoms with Gasteiger partial charge in [-0.25, -0.2) is 9.37 Å². The molecule has 32 heavy (non-hydrogen) atoms. The zero-order chi connectivity index (χ0) is 22.1. The van der Waals surface area contributed by atoms with E-state index < -0.39 is 5.54 Å². The number of aromatic nitrogens is 2. The third-order valence-corrected chi connectivity index (χ3v) is 6.34. The molecule has 1 atom stereocenters. The Kier molecular flexibility index (Phi) is 5.02. The van der Waals surface area contributed by atoms with Gasteiger partial charge in [-0.2, -0.15) is 0 Å². The van der Waals surface area contributed by atoms with Crippen molar-refractivity contribution in [2.24, 2.45) is 0 Å². The fraction of sp³-hybridized carbons (Fsp3) is 0.148. The summed E-state index contributed by atoms with van der Waals surface area (Å²) in [5.41, 5.74) is 5.94. The first-order valence-corrected chi connectivity index (χ1v) is 10.7. The van der Waals surface area contributed by atoms with E-state index in [1.54, 1.807) is 18.6 Å². The summed E-state index contributed by atoms with van der Waals surface area (Å²) in [6.07, 6.45) is 8.28. The van der Waals surface area contributed by atoms with Crippen LogP contribution >= 0.6 is 0 Å². The maximum Gasteiger partial charge on any atom is 0.123 e. The van der Waals surface area contributed by atoms with Gasteiger partial charge in [0.2, 0.25) is 0 Å². The van der Waals surface area contributed by atoms with E-state index >= 15 is 0 Å². The van der Waals surface area contributed by atoms with Gasteiger partial charge in [-0.15, -0.1) is 0 Å². The van der Waals surface area contributed by atoms with Crippen LogP contribution in [0.2, 0.25) is 0 Å². The zero-order valence-corrected chi connectivity index (χ0v) is 17.8. The lowest BCUT2D eigenvalue weighted by Gasteiger charge is -2.48. The molecule has 3 aromatic carbocycles. The van der Waals surface area contributed by atoms with E-state index in [0.29, 0.717) is 0 Å². The highest BCUT2D eigenvalue weighted by Gasteiger charge is 2.40. The quantitative estimate of drug-likeness (QED) is 0.438. The number of phenolic OH excluding ortho intramolecular Hbond substituents is 1. The highest BCUT2D eigenvalue weighted by molar-refractivity contribution is 5.68. The molecule has 5 rings (SSSR count). The molecule has 0 saturated heterocycles. The number of anilines is 1. The number of aromatic amines is 1. The zero-order valence-electron chi connectivity index (χ0n) is 17.8. The summed E-state index contributed by atoms with van der Waals surface area (Å²) in [4.78, 5) is 9.42. The molecule has 0 saturated carbocycles. The number of hydrogen-bond acceptors (Lipinski definition) is 3. The van der Waals surface area contributed by atoms with Crippen LogP contribution in [0.3, 0.4) is 0 Å². The SMILES string of the molecule is CC1(c2ccc(/C=C/c3cnc[nH]3)cc2)c2ccc(O)cc2CCN1c1ccc(F)cc1. The molecule has 2 N–H and O–H groups in total. The molecule has 0 amide bonds. The minimum Gasteiger partial charge on any atom is -0.508 e. The molecule has 0 spiro atoms. The first-order valence-electron chi connectivity index (χ1n) is 10.7. The smallest absolute Gasteiger partial charge is 0.123 e. The summed E-state index contributed by atoms with van der Waals surface area (Å²) in [5, 5.41) is 10.0. The lowest BCUT2D eigenvalue weighted by molar-refractivity contribution is 0.463. The number of H-pyrrole nitrogens is 1. The van der Waals surface area contributed by atoms with Crippen LogP contribution in [0, 0.1) is 5.82 Å². The molecule has 1 unspecified atom stereocenters. The summed E-state index contributed by atoms with van der Waals surface area (Å²) in [6.45, 7) is 2.96. The van der Waals surface area contributed by atoms with Crippen molar-refractivity contribution in [2.45, 2.75) is 18.9 Å². The van der Waals surface area contributed by atoms with Crippen molar-refractivity contribution >= 4 is 17.8 Å². The highest BCUT2D eigenvalue weighted by atomic mass is 19.1. The van der Waals surface area contributed by atoms with Crippen LogP contribution in [0.1, 0.15) is 34.9 Å². The van der Waals surface area contributed by atoms with Crippen molar-refractivity contribution in [3.63, 3.8) is 0 Å². The summed E-state index contributed by atoms with van der Waals surface area (Å²) in [7, 11) is 0. The van der Waals surface area contributed by atoms with E-state index in [1.165, 1.54) is 12.1 Å². The molecular weight excluding hydrogens is 401 g/mol. The van der Waals surface area contributed by atoms with Crippen molar-refractivity contribution in [1.82, 2.24) is 9.97 Å². The summed E-state index contributed by atoms with van der Waals surface area (Å²) < 4.78 is 13.6. The molecule has 1 aliphatic heterocycles. The number of halogens is 1. The Bertz CT molecular complexity index is 1250. The average Bonchev–Trinajstić information content (AvgIpc) is 3.33. The van der Waals surface area contributed by atoms with E-state index in [2.05, 4.69) is 46.1 Å². The van der Waals surface area contributed by atoms with Gasteiger partial charge in [0.05, 0.1) is 23.8 Å². The molecule has 4 nitrogen and oxygen atoms in total. The second-order valence-corrected chi connectivity index (χ2v) is 8.25. The van der Waals surface area contributed by atoms with Gasteiger partial charge in [0.25, 0.3) is 0 Å². The normalized spacial score (nSPS) is 18.1. The topological polar surface area (TPSA) is 52.1 Å². The van der Waals surface area contributed by atoms with Gasteiger partial charge >= 0.3 is 0 Å².